The summed E-state index contributed by atoms with van der Waals surface area (Å²) in [6, 6.07) is 10.3. The number of carbonyl (C=O) groups is 4. The third kappa shape index (κ3) is 11.7. The standard InChI is InChI=1S/C23H26N2O6.C4H8.2C2H6/c1-14-6-7-16(10-15(14)2)13-25(21(27)12-19(26)23(29)30)18-9-8-17(11-20(18)31-5)22(28)24(3)4;1-4-2-3-4;2*1-2/h6-11H,12-13H2,1-5H3,(H,29,30);4H,2-3H2,1H3;2*1-2H3. The van der Waals surface area contributed by atoms with Crippen molar-refractivity contribution in [3.05, 3.63) is 58.7 Å². The smallest absolute Gasteiger partial charge is 0.372 e. The molecule has 0 unspecified atom stereocenters. The predicted molar refractivity (Wildman–Crippen MR) is 156 cm³/mol. The van der Waals surface area contributed by atoms with Crippen LogP contribution in [0.3, 0.4) is 0 Å². The Bertz CT molecular complexity index is 1110. The fraction of sp³-hybridized carbons (Fsp3) is 0.484. The maximum atomic E-state index is 12.9. The highest BCUT2D eigenvalue weighted by molar-refractivity contribution is 6.37. The van der Waals surface area contributed by atoms with Crippen LogP contribution in [0.4, 0.5) is 5.69 Å². The second-order valence-corrected chi connectivity index (χ2v) is 9.07. The van der Waals surface area contributed by atoms with Gasteiger partial charge < -0.3 is 19.6 Å². The van der Waals surface area contributed by atoms with Gasteiger partial charge in [0.25, 0.3) is 5.91 Å². The SMILES string of the molecule is CC.CC.CC1CC1.COc1cc(C(=O)N(C)C)ccc1N(Cc1ccc(C)c(C)c1)C(=O)CC(=O)C(=O)O. The first kappa shape index (κ1) is 35.3. The number of carboxylic acids is 1. The van der Waals surface area contributed by atoms with Crippen molar-refractivity contribution in [2.75, 3.05) is 26.1 Å². The summed E-state index contributed by atoms with van der Waals surface area (Å²) in [5, 5.41) is 8.90. The molecule has 3 rings (SSSR count). The van der Waals surface area contributed by atoms with Crippen LogP contribution < -0.4 is 9.64 Å². The number of ether oxygens (including phenoxy) is 1. The van der Waals surface area contributed by atoms with Gasteiger partial charge >= 0.3 is 5.97 Å². The van der Waals surface area contributed by atoms with Crippen LogP contribution in [0.2, 0.25) is 0 Å². The molecule has 39 heavy (non-hydrogen) atoms. The molecule has 0 spiro atoms. The number of benzene rings is 2. The molecule has 0 bridgehead atoms. The molecule has 0 aliphatic heterocycles. The number of Topliss-reactive ketones (excluding diaryl/α,β-unsaturated/α-hetero) is 1. The number of aryl methyl sites for hydroxylation is 2. The van der Waals surface area contributed by atoms with E-state index in [1.807, 2.05) is 59.7 Å². The number of carbonyl (C=O) groups excluding carboxylic acids is 3. The summed E-state index contributed by atoms with van der Waals surface area (Å²) in [5.41, 5.74) is 3.62. The van der Waals surface area contributed by atoms with Gasteiger partial charge in [-0.25, -0.2) is 4.79 Å². The summed E-state index contributed by atoms with van der Waals surface area (Å²) < 4.78 is 5.41. The van der Waals surface area contributed by atoms with E-state index >= 15 is 0 Å². The highest BCUT2D eigenvalue weighted by Gasteiger charge is 2.26. The molecule has 1 N–H and O–H groups in total. The summed E-state index contributed by atoms with van der Waals surface area (Å²) in [4.78, 5) is 50.6. The first-order valence-electron chi connectivity index (χ1n) is 13.5. The Balaban J connectivity index is 0.00000158. The van der Waals surface area contributed by atoms with Gasteiger partial charge in [0, 0.05) is 19.7 Å². The zero-order valence-corrected chi connectivity index (χ0v) is 25.3. The minimum absolute atomic E-state index is 0.101. The number of rotatable bonds is 8. The van der Waals surface area contributed by atoms with Gasteiger partial charge in [-0.3, -0.25) is 14.4 Å². The van der Waals surface area contributed by atoms with Crippen LogP contribution in [0, 0.1) is 19.8 Å². The van der Waals surface area contributed by atoms with Gasteiger partial charge in [0.05, 0.1) is 25.8 Å². The quantitative estimate of drug-likeness (QED) is 0.321. The summed E-state index contributed by atoms with van der Waals surface area (Å²) in [6.45, 7) is 14.3. The Morgan fingerprint density at radius 3 is 1.92 bits per heavy atom. The lowest BCUT2D eigenvalue weighted by Crippen LogP contribution is -2.34. The molecule has 0 saturated heterocycles. The monoisotopic (exact) mass is 542 g/mol. The van der Waals surface area contributed by atoms with Crippen LogP contribution in [0.25, 0.3) is 0 Å². The minimum Gasteiger partial charge on any atom is -0.495 e. The van der Waals surface area contributed by atoms with E-state index in [-0.39, 0.29) is 18.2 Å². The molecule has 0 radical (unpaired) electrons. The topological polar surface area (TPSA) is 104 Å². The molecule has 2 amide bonds. The molecule has 2 aromatic rings. The van der Waals surface area contributed by atoms with Gasteiger partial charge in [-0.1, -0.05) is 65.7 Å². The molecular weight excluding hydrogens is 496 g/mol. The highest BCUT2D eigenvalue weighted by Crippen LogP contribution is 2.32. The molecule has 1 aliphatic carbocycles. The van der Waals surface area contributed by atoms with Crippen LogP contribution in [-0.4, -0.2) is 54.8 Å². The van der Waals surface area contributed by atoms with Crippen molar-refractivity contribution >= 4 is 29.3 Å². The van der Waals surface area contributed by atoms with Gasteiger partial charge in [-0.05, 0) is 54.7 Å². The van der Waals surface area contributed by atoms with Crippen LogP contribution in [0.1, 0.15) is 80.9 Å². The second-order valence-electron chi connectivity index (χ2n) is 9.07. The molecule has 0 heterocycles. The van der Waals surface area contributed by atoms with Crippen molar-refractivity contribution in [1.29, 1.82) is 0 Å². The van der Waals surface area contributed by atoms with Crippen LogP contribution in [0.15, 0.2) is 36.4 Å². The number of methoxy groups -OCH3 is 1. The van der Waals surface area contributed by atoms with Crippen molar-refractivity contribution in [2.45, 2.75) is 74.3 Å². The average molecular weight is 543 g/mol. The number of nitrogens with zero attached hydrogens (tertiary/aromatic N) is 2. The number of hydrogen-bond acceptors (Lipinski definition) is 5. The lowest BCUT2D eigenvalue weighted by Gasteiger charge is -2.25. The van der Waals surface area contributed by atoms with Crippen molar-refractivity contribution in [2.24, 2.45) is 5.92 Å². The average Bonchev–Trinajstić information content (AvgIpc) is 3.72. The maximum absolute atomic E-state index is 12.9. The molecule has 1 fully saturated rings. The molecule has 2 aromatic carbocycles. The zero-order chi connectivity index (χ0) is 30.3. The second kappa shape index (κ2) is 17.8. The number of aliphatic carboxylic acids is 1. The Kier molecular flexibility index (Phi) is 16.1. The van der Waals surface area contributed by atoms with Crippen molar-refractivity contribution < 1.29 is 29.0 Å². The Morgan fingerprint density at radius 1 is 0.923 bits per heavy atom. The van der Waals surface area contributed by atoms with Gasteiger partial charge in [0.15, 0.2) is 0 Å². The molecule has 0 aromatic heterocycles. The number of carboxylic acid groups (broad SMARTS) is 1. The van der Waals surface area contributed by atoms with Crippen LogP contribution >= 0.6 is 0 Å². The van der Waals surface area contributed by atoms with E-state index in [0.29, 0.717) is 11.3 Å². The predicted octanol–water partition coefficient (Wildman–Crippen LogP) is 6.06. The van der Waals surface area contributed by atoms with E-state index in [2.05, 4.69) is 6.92 Å². The molecule has 1 aliphatic rings. The summed E-state index contributed by atoms with van der Waals surface area (Å²) in [5.74, 6) is -2.45. The van der Waals surface area contributed by atoms with Crippen molar-refractivity contribution in [3.8, 4) is 5.75 Å². The largest absolute Gasteiger partial charge is 0.495 e. The Morgan fingerprint density at radius 2 is 1.49 bits per heavy atom. The summed E-state index contributed by atoms with van der Waals surface area (Å²) in [6.07, 6.45) is 2.18. The van der Waals surface area contributed by atoms with Crippen molar-refractivity contribution in [3.63, 3.8) is 0 Å². The van der Waals surface area contributed by atoms with E-state index in [1.54, 1.807) is 26.2 Å². The summed E-state index contributed by atoms with van der Waals surface area (Å²) >= 11 is 0. The lowest BCUT2D eigenvalue weighted by atomic mass is 10.0. The minimum atomic E-state index is -1.67. The number of hydrogen-bond donors (Lipinski definition) is 1. The fourth-order valence-electron chi connectivity index (χ4n) is 3.16. The fourth-order valence-corrected chi connectivity index (χ4v) is 3.16. The molecular formula is C31H46N2O6. The zero-order valence-electron chi connectivity index (χ0n) is 25.3. The third-order valence-corrected chi connectivity index (χ3v) is 5.75. The van der Waals surface area contributed by atoms with Gasteiger partial charge in [-0.15, -0.1) is 0 Å². The van der Waals surface area contributed by atoms with Crippen LogP contribution in [0.5, 0.6) is 5.75 Å². The summed E-state index contributed by atoms with van der Waals surface area (Å²) in [7, 11) is 4.65. The van der Waals surface area contributed by atoms with E-state index in [9.17, 15) is 19.2 Å². The first-order valence-corrected chi connectivity index (χ1v) is 13.5. The van der Waals surface area contributed by atoms with E-state index in [4.69, 9.17) is 9.84 Å². The van der Waals surface area contributed by atoms with Gasteiger partial charge in [0.1, 0.15) is 5.75 Å². The Labute approximate surface area is 234 Å². The lowest BCUT2D eigenvalue weighted by molar-refractivity contribution is -0.150. The Hall–Kier alpha value is -3.68. The van der Waals surface area contributed by atoms with Gasteiger partial charge in [0.2, 0.25) is 11.7 Å². The molecule has 8 nitrogen and oxygen atoms in total. The van der Waals surface area contributed by atoms with Gasteiger partial charge in [-0.2, -0.15) is 0 Å². The molecule has 0 atom stereocenters. The highest BCUT2D eigenvalue weighted by atomic mass is 16.5. The van der Waals surface area contributed by atoms with E-state index < -0.39 is 24.1 Å². The maximum Gasteiger partial charge on any atom is 0.372 e. The number of ketones is 1. The normalized spacial score (nSPS) is 11.2. The molecule has 216 valence electrons. The third-order valence-electron chi connectivity index (χ3n) is 5.75. The first-order chi connectivity index (χ1) is 18.4. The van der Waals surface area contributed by atoms with E-state index in [1.165, 1.54) is 35.8 Å². The van der Waals surface area contributed by atoms with Crippen molar-refractivity contribution in [1.82, 2.24) is 4.90 Å². The molecule has 8 heteroatoms. The number of amides is 2. The van der Waals surface area contributed by atoms with E-state index in [0.717, 1.165) is 22.6 Å². The van der Waals surface area contributed by atoms with Crippen LogP contribution in [-0.2, 0) is 20.9 Å². The molecule has 1 saturated carbocycles. The number of anilines is 1.